The Hall–Kier alpha value is -0.140. The molecule has 21 heavy (non-hydrogen) atoms. The molecule has 0 aliphatic heterocycles. The molecule has 0 saturated heterocycles. The molecule has 2 rings (SSSR count). The Balaban J connectivity index is 0.00000220. The number of hydrogen-bond acceptors (Lipinski definition) is 2. The summed E-state index contributed by atoms with van der Waals surface area (Å²) in [6.07, 6.45) is 4.62. The van der Waals surface area contributed by atoms with Gasteiger partial charge in [-0.2, -0.15) is 11.8 Å². The van der Waals surface area contributed by atoms with Crippen LogP contribution in [-0.4, -0.2) is 31.3 Å². The lowest BCUT2D eigenvalue weighted by Crippen LogP contribution is -2.38. The number of benzene rings is 1. The van der Waals surface area contributed by atoms with Gasteiger partial charge in [-0.15, -0.1) is 24.0 Å². The fraction of sp³-hybridized carbons (Fsp3) is 0.533. The van der Waals surface area contributed by atoms with E-state index < -0.39 is 0 Å². The van der Waals surface area contributed by atoms with Crippen LogP contribution >= 0.6 is 47.3 Å². The van der Waals surface area contributed by atoms with Crippen LogP contribution in [0.3, 0.4) is 0 Å². The highest BCUT2D eigenvalue weighted by atomic mass is 127. The normalized spacial score (nSPS) is 16.0. The van der Waals surface area contributed by atoms with Gasteiger partial charge in [0.05, 0.1) is 6.54 Å². The average Bonchev–Trinajstić information content (AvgIpc) is 3.23. The minimum Gasteiger partial charge on any atom is -0.357 e. The lowest BCUT2D eigenvalue weighted by atomic mass is 10.1. The highest BCUT2D eigenvalue weighted by Gasteiger charge is 2.22. The second-order valence-corrected chi connectivity index (χ2v) is 6.39. The van der Waals surface area contributed by atoms with Crippen LogP contribution in [0.5, 0.6) is 0 Å². The summed E-state index contributed by atoms with van der Waals surface area (Å²) >= 11 is 7.87. The number of guanidine groups is 1. The van der Waals surface area contributed by atoms with E-state index in [1.807, 2.05) is 18.2 Å². The Morgan fingerprint density at radius 3 is 2.81 bits per heavy atom. The predicted molar refractivity (Wildman–Crippen MR) is 105 cm³/mol. The first-order chi connectivity index (χ1) is 9.72. The van der Waals surface area contributed by atoms with Gasteiger partial charge in [0.2, 0.25) is 0 Å². The molecule has 1 aromatic carbocycles. The molecule has 118 valence electrons. The standard InChI is InChI=1S/C15H22ClN3S.HI/c1-3-17-15(19-13-7-8-13)18-10-14(20-2)11-5-4-6-12(16)9-11;/h4-6,9,13-14H,3,7-8,10H2,1-2H3,(H2,17,18,19);1H. The number of nitrogens with one attached hydrogen (secondary N) is 2. The van der Waals surface area contributed by atoms with E-state index in [1.54, 1.807) is 11.8 Å². The van der Waals surface area contributed by atoms with Crippen molar-refractivity contribution in [2.45, 2.75) is 31.1 Å². The van der Waals surface area contributed by atoms with Crippen molar-refractivity contribution in [3.05, 3.63) is 34.9 Å². The van der Waals surface area contributed by atoms with Gasteiger partial charge in [-0.3, -0.25) is 4.99 Å². The molecular formula is C15H23ClIN3S. The summed E-state index contributed by atoms with van der Waals surface area (Å²) in [7, 11) is 0. The van der Waals surface area contributed by atoms with Crippen molar-refractivity contribution in [3.63, 3.8) is 0 Å². The maximum Gasteiger partial charge on any atom is 0.191 e. The molecule has 2 N–H and O–H groups in total. The largest absolute Gasteiger partial charge is 0.357 e. The summed E-state index contributed by atoms with van der Waals surface area (Å²) in [5.74, 6) is 0.927. The van der Waals surface area contributed by atoms with E-state index >= 15 is 0 Å². The second-order valence-electron chi connectivity index (χ2n) is 4.92. The van der Waals surface area contributed by atoms with Crippen molar-refractivity contribution >= 4 is 53.3 Å². The molecule has 0 amide bonds. The summed E-state index contributed by atoms with van der Waals surface area (Å²) in [5.41, 5.74) is 1.23. The molecule has 1 fully saturated rings. The number of halogens is 2. The quantitative estimate of drug-likeness (QED) is 0.398. The number of nitrogens with zero attached hydrogens (tertiary/aromatic N) is 1. The van der Waals surface area contributed by atoms with Gasteiger partial charge in [-0.05, 0) is 43.7 Å². The summed E-state index contributed by atoms with van der Waals surface area (Å²) in [6.45, 7) is 3.73. The second kappa shape index (κ2) is 9.79. The first kappa shape index (κ1) is 18.9. The van der Waals surface area contributed by atoms with Crippen molar-refractivity contribution in [1.29, 1.82) is 0 Å². The van der Waals surface area contributed by atoms with E-state index in [-0.39, 0.29) is 24.0 Å². The number of rotatable bonds is 6. The Bertz CT molecular complexity index is 466. The van der Waals surface area contributed by atoms with Gasteiger partial charge in [0.25, 0.3) is 0 Å². The van der Waals surface area contributed by atoms with Gasteiger partial charge in [0.15, 0.2) is 5.96 Å². The Kier molecular flexibility index (Phi) is 8.82. The summed E-state index contributed by atoms with van der Waals surface area (Å²) in [5, 5.41) is 7.86. The van der Waals surface area contributed by atoms with E-state index in [2.05, 4.69) is 29.9 Å². The van der Waals surface area contributed by atoms with Crippen LogP contribution in [0.25, 0.3) is 0 Å². The van der Waals surface area contributed by atoms with Crippen molar-refractivity contribution in [2.24, 2.45) is 4.99 Å². The van der Waals surface area contributed by atoms with Gasteiger partial charge < -0.3 is 10.6 Å². The van der Waals surface area contributed by atoms with Crippen LogP contribution in [0, 0.1) is 0 Å². The smallest absolute Gasteiger partial charge is 0.191 e. The first-order valence-corrected chi connectivity index (χ1v) is 8.72. The summed E-state index contributed by atoms with van der Waals surface area (Å²) in [6, 6.07) is 8.66. The van der Waals surface area contributed by atoms with Crippen LogP contribution in [0.15, 0.2) is 29.3 Å². The molecule has 1 aliphatic rings. The topological polar surface area (TPSA) is 36.4 Å². The van der Waals surface area contributed by atoms with Crippen LogP contribution in [0.2, 0.25) is 5.02 Å². The zero-order chi connectivity index (χ0) is 14.4. The van der Waals surface area contributed by atoms with Crippen molar-refractivity contribution in [2.75, 3.05) is 19.3 Å². The SMILES string of the molecule is CCNC(=NCC(SC)c1cccc(Cl)c1)NC1CC1.I. The van der Waals surface area contributed by atoms with Crippen molar-refractivity contribution in [1.82, 2.24) is 10.6 Å². The highest BCUT2D eigenvalue weighted by molar-refractivity contribution is 14.0. The van der Waals surface area contributed by atoms with Crippen molar-refractivity contribution in [3.8, 4) is 0 Å². The van der Waals surface area contributed by atoms with Crippen LogP contribution < -0.4 is 10.6 Å². The fourth-order valence-electron chi connectivity index (χ4n) is 1.94. The van der Waals surface area contributed by atoms with E-state index in [9.17, 15) is 0 Å². The van der Waals surface area contributed by atoms with Gasteiger partial charge in [-0.25, -0.2) is 0 Å². The number of aliphatic imine (C=N–C) groups is 1. The number of thioether (sulfide) groups is 1. The molecule has 0 spiro atoms. The van der Waals surface area contributed by atoms with Crippen LogP contribution in [0.1, 0.15) is 30.6 Å². The maximum atomic E-state index is 6.07. The third-order valence-corrected chi connectivity index (χ3v) is 4.41. The molecule has 0 bridgehead atoms. The molecule has 0 radical (unpaired) electrons. The zero-order valence-corrected chi connectivity index (χ0v) is 16.3. The van der Waals surface area contributed by atoms with Crippen LogP contribution in [-0.2, 0) is 0 Å². The predicted octanol–water partition coefficient (Wildman–Crippen LogP) is 4.08. The molecule has 3 nitrogen and oxygen atoms in total. The minimum absolute atomic E-state index is 0. The lowest BCUT2D eigenvalue weighted by molar-refractivity contribution is 0.805. The van der Waals surface area contributed by atoms with Crippen molar-refractivity contribution < 1.29 is 0 Å². The Labute approximate surface area is 153 Å². The summed E-state index contributed by atoms with van der Waals surface area (Å²) < 4.78 is 0. The molecule has 1 unspecified atom stereocenters. The van der Waals surface area contributed by atoms with E-state index in [0.717, 1.165) is 24.1 Å². The molecule has 1 atom stereocenters. The van der Waals surface area contributed by atoms with E-state index in [4.69, 9.17) is 16.6 Å². The molecular weight excluding hydrogens is 417 g/mol. The van der Waals surface area contributed by atoms with Gasteiger partial charge >= 0.3 is 0 Å². The third-order valence-electron chi connectivity index (χ3n) is 3.18. The van der Waals surface area contributed by atoms with Gasteiger partial charge in [0, 0.05) is 22.9 Å². The molecule has 0 aromatic heterocycles. The molecule has 6 heteroatoms. The zero-order valence-electron chi connectivity index (χ0n) is 12.4. The summed E-state index contributed by atoms with van der Waals surface area (Å²) in [4.78, 5) is 4.70. The van der Waals surface area contributed by atoms with Crippen LogP contribution in [0.4, 0.5) is 0 Å². The molecule has 1 aliphatic carbocycles. The Morgan fingerprint density at radius 2 is 2.24 bits per heavy atom. The minimum atomic E-state index is 0. The lowest BCUT2D eigenvalue weighted by Gasteiger charge is -2.15. The monoisotopic (exact) mass is 439 g/mol. The van der Waals surface area contributed by atoms with Gasteiger partial charge in [0.1, 0.15) is 0 Å². The fourth-order valence-corrected chi connectivity index (χ4v) is 2.78. The van der Waals surface area contributed by atoms with Gasteiger partial charge in [-0.1, -0.05) is 23.7 Å². The van der Waals surface area contributed by atoms with E-state index in [0.29, 0.717) is 11.3 Å². The first-order valence-electron chi connectivity index (χ1n) is 7.06. The molecule has 0 heterocycles. The number of hydrogen-bond donors (Lipinski definition) is 2. The Morgan fingerprint density at radius 1 is 1.48 bits per heavy atom. The maximum absolute atomic E-state index is 6.07. The molecule has 1 saturated carbocycles. The third kappa shape index (κ3) is 6.65. The average molecular weight is 440 g/mol. The highest BCUT2D eigenvalue weighted by Crippen LogP contribution is 2.28. The van der Waals surface area contributed by atoms with E-state index in [1.165, 1.54) is 18.4 Å². The molecule has 1 aromatic rings.